The number of ether oxygens (including phenoxy) is 2. The molecule has 65 heavy (non-hydrogen) atoms. The Hall–Kier alpha value is -3.36. The number of nitrogens with zero attached hydrogens (tertiary/aromatic N) is 1. The van der Waals surface area contributed by atoms with E-state index in [1.807, 2.05) is 21.1 Å². The molecule has 0 rings (SSSR count). The zero-order valence-electron chi connectivity index (χ0n) is 41.7. The van der Waals surface area contributed by atoms with Gasteiger partial charge in [0, 0.05) is 13.0 Å². The Morgan fingerprint density at radius 2 is 0.846 bits per heavy atom. The summed E-state index contributed by atoms with van der Waals surface area (Å²) in [7, 11) is 1.60. The Bertz CT molecular complexity index is 1490. The van der Waals surface area contributed by atoms with E-state index in [0.717, 1.165) is 116 Å². The maximum Gasteiger partial charge on any atom is 0.472 e. The molecular formula is C56H93NO7P+. The molecule has 9 heteroatoms. The number of carbonyl (C=O) groups is 1. The summed E-state index contributed by atoms with van der Waals surface area (Å²) in [5, 5.41) is 0. The van der Waals surface area contributed by atoms with E-state index >= 15 is 0 Å². The van der Waals surface area contributed by atoms with Crippen molar-refractivity contribution in [3.8, 4) is 0 Å². The van der Waals surface area contributed by atoms with Crippen molar-refractivity contribution in [2.24, 2.45) is 0 Å². The van der Waals surface area contributed by atoms with Crippen molar-refractivity contribution >= 4 is 13.8 Å². The maximum atomic E-state index is 12.8. The van der Waals surface area contributed by atoms with Gasteiger partial charge in [-0.05, 0) is 103 Å². The first kappa shape index (κ1) is 61.6. The number of likely N-dealkylation sites (N-methyl/N-ethyl adjacent to an activating group) is 1. The van der Waals surface area contributed by atoms with Crippen molar-refractivity contribution in [1.82, 2.24) is 0 Å². The molecule has 0 aliphatic carbocycles. The van der Waals surface area contributed by atoms with Crippen LogP contribution in [0.4, 0.5) is 0 Å². The predicted octanol–water partition coefficient (Wildman–Crippen LogP) is 15.5. The largest absolute Gasteiger partial charge is 0.472 e. The van der Waals surface area contributed by atoms with Crippen molar-refractivity contribution in [3.05, 3.63) is 134 Å². The van der Waals surface area contributed by atoms with Crippen molar-refractivity contribution in [2.75, 3.05) is 54.1 Å². The van der Waals surface area contributed by atoms with Crippen molar-refractivity contribution in [1.29, 1.82) is 0 Å². The molecule has 368 valence electrons. The summed E-state index contributed by atoms with van der Waals surface area (Å²) in [6.45, 7) is 5.18. The third-order valence-electron chi connectivity index (χ3n) is 9.71. The molecule has 8 nitrogen and oxygen atoms in total. The van der Waals surface area contributed by atoms with Crippen molar-refractivity contribution in [2.45, 2.75) is 161 Å². The molecule has 0 aromatic heterocycles. The fraction of sp³-hybridized carbons (Fsp3) is 0.589. The number of carbonyl (C=O) groups excluding carboxylic acids is 1. The number of rotatable bonds is 44. The average molecular weight is 923 g/mol. The molecule has 0 saturated heterocycles. The van der Waals surface area contributed by atoms with Gasteiger partial charge in [-0.1, -0.05) is 180 Å². The first-order chi connectivity index (χ1) is 31.6. The minimum atomic E-state index is -4.31. The summed E-state index contributed by atoms with van der Waals surface area (Å²) in [4.78, 5) is 23.0. The second-order valence-electron chi connectivity index (χ2n) is 17.1. The molecule has 0 fully saturated rings. The van der Waals surface area contributed by atoms with Gasteiger partial charge in [-0.3, -0.25) is 13.8 Å². The van der Waals surface area contributed by atoms with Crippen LogP contribution in [0.1, 0.15) is 155 Å². The SMILES string of the molecule is CC/C=C\C/C=C\C/C=C\C/C=C\C/C=C\C/C=C\CCCOCC(COP(=O)(O)OCC[N+](C)(C)C)OC(=O)CCCCCCCCC/C=C\C/C=C\C/C=C\C/C=C\C/C=C\CC. The number of phosphoric ester groups is 1. The van der Waals surface area contributed by atoms with Crippen molar-refractivity contribution < 1.29 is 37.3 Å². The van der Waals surface area contributed by atoms with Crippen LogP contribution in [-0.2, 0) is 27.9 Å². The number of quaternary nitrogens is 1. The van der Waals surface area contributed by atoms with Crippen LogP contribution in [0.2, 0.25) is 0 Å². The monoisotopic (exact) mass is 923 g/mol. The lowest BCUT2D eigenvalue weighted by Gasteiger charge is -2.24. The molecule has 0 saturated carbocycles. The second-order valence-corrected chi connectivity index (χ2v) is 18.5. The Labute approximate surface area is 398 Å². The van der Waals surface area contributed by atoms with Crippen LogP contribution in [0, 0.1) is 0 Å². The van der Waals surface area contributed by atoms with E-state index in [4.69, 9.17) is 18.5 Å². The van der Waals surface area contributed by atoms with Gasteiger partial charge >= 0.3 is 13.8 Å². The van der Waals surface area contributed by atoms with Crippen LogP contribution in [0.25, 0.3) is 0 Å². The summed E-state index contributed by atoms with van der Waals surface area (Å²) < 4.78 is 35.0. The lowest BCUT2D eigenvalue weighted by atomic mass is 10.1. The molecule has 2 atom stereocenters. The third-order valence-corrected chi connectivity index (χ3v) is 10.7. The molecule has 0 heterocycles. The van der Waals surface area contributed by atoms with Gasteiger partial charge in [0.15, 0.2) is 0 Å². The summed E-state index contributed by atoms with van der Waals surface area (Å²) in [6.07, 6.45) is 69.4. The normalized spacial score (nSPS) is 14.7. The fourth-order valence-corrected chi connectivity index (χ4v) is 6.69. The van der Waals surface area contributed by atoms with E-state index in [0.29, 0.717) is 24.1 Å². The first-order valence-corrected chi connectivity index (χ1v) is 26.4. The summed E-state index contributed by atoms with van der Waals surface area (Å²) >= 11 is 0. The standard InChI is InChI=1S/C56H92NO7P/c1-6-8-10-12-14-16-18-20-22-24-26-28-29-30-31-33-35-37-39-41-43-45-47-49-56(58)64-55(54-63-65(59,60)62-52-50-57(3,4)5)53-61-51-48-46-44-42-40-38-36-34-32-27-25-23-21-19-17-15-13-11-9-7-2/h8-11,14-17,20-23,26-28,30-32,36,38,42,44,55H,6-7,12-13,18-19,24-25,29,33-35,37,39-41,43,45-54H2,1-5H3/p+1/b10-8-,11-9-,16-14-,17-15-,22-20-,23-21-,28-26-,31-30-,32-27-,38-36-,44-42-. The van der Waals surface area contributed by atoms with E-state index in [1.54, 1.807) is 0 Å². The van der Waals surface area contributed by atoms with Gasteiger partial charge in [-0.15, -0.1) is 0 Å². The Morgan fingerprint density at radius 3 is 1.26 bits per heavy atom. The third kappa shape index (κ3) is 51.5. The Kier molecular flexibility index (Phi) is 44.7. The number of hydrogen-bond acceptors (Lipinski definition) is 6. The number of hydrogen-bond donors (Lipinski definition) is 1. The molecule has 0 amide bonds. The highest BCUT2D eigenvalue weighted by Crippen LogP contribution is 2.43. The molecular weight excluding hydrogens is 830 g/mol. The molecule has 0 bridgehead atoms. The van der Waals surface area contributed by atoms with E-state index in [2.05, 4.69) is 148 Å². The highest BCUT2D eigenvalue weighted by molar-refractivity contribution is 7.47. The highest BCUT2D eigenvalue weighted by atomic mass is 31.2. The zero-order chi connectivity index (χ0) is 47.6. The average Bonchev–Trinajstić information content (AvgIpc) is 3.27. The molecule has 0 radical (unpaired) electrons. The number of esters is 1. The van der Waals surface area contributed by atoms with E-state index in [9.17, 15) is 14.3 Å². The van der Waals surface area contributed by atoms with Crippen LogP contribution >= 0.6 is 7.82 Å². The Balaban J connectivity index is 4.33. The predicted molar refractivity (Wildman–Crippen MR) is 279 cm³/mol. The summed E-state index contributed by atoms with van der Waals surface area (Å²) in [5.41, 5.74) is 0. The summed E-state index contributed by atoms with van der Waals surface area (Å²) in [5.74, 6) is -0.351. The number of phosphoric acid groups is 1. The van der Waals surface area contributed by atoms with E-state index < -0.39 is 13.9 Å². The van der Waals surface area contributed by atoms with Gasteiger partial charge in [-0.2, -0.15) is 0 Å². The van der Waals surface area contributed by atoms with Crippen LogP contribution in [0.15, 0.2) is 134 Å². The summed E-state index contributed by atoms with van der Waals surface area (Å²) in [6, 6.07) is 0. The van der Waals surface area contributed by atoms with Crippen LogP contribution < -0.4 is 0 Å². The molecule has 0 aromatic rings. The lowest BCUT2D eigenvalue weighted by molar-refractivity contribution is -0.870. The zero-order valence-corrected chi connectivity index (χ0v) is 42.6. The van der Waals surface area contributed by atoms with Gasteiger partial charge in [0.2, 0.25) is 0 Å². The minimum Gasteiger partial charge on any atom is -0.457 e. The highest BCUT2D eigenvalue weighted by Gasteiger charge is 2.26. The van der Waals surface area contributed by atoms with Gasteiger partial charge in [0.1, 0.15) is 19.3 Å². The molecule has 0 aromatic carbocycles. The molecule has 1 N–H and O–H groups in total. The molecule has 2 unspecified atom stereocenters. The molecule has 0 aliphatic rings. The van der Waals surface area contributed by atoms with Gasteiger partial charge in [-0.25, -0.2) is 4.57 Å². The number of allylic oxidation sites excluding steroid dienone is 22. The van der Waals surface area contributed by atoms with Gasteiger partial charge in [0.05, 0.1) is 34.4 Å². The quantitative estimate of drug-likeness (QED) is 0.0214. The molecule has 0 spiro atoms. The van der Waals surface area contributed by atoms with E-state index in [-0.39, 0.29) is 25.8 Å². The van der Waals surface area contributed by atoms with Gasteiger partial charge in [0.25, 0.3) is 0 Å². The van der Waals surface area contributed by atoms with Crippen LogP contribution in [0.3, 0.4) is 0 Å². The smallest absolute Gasteiger partial charge is 0.457 e. The number of unbranched alkanes of at least 4 members (excludes halogenated alkanes) is 8. The topological polar surface area (TPSA) is 91.3 Å². The first-order valence-electron chi connectivity index (χ1n) is 24.9. The van der Waals surface area contributed by atoms with Gasteiger partial charge < -0.3 is 18.9 Å². The van der Waals surface area contributed by atoms with Crippen LogP contribution in [0.5, 0.6) is 0 Å². The maximum absolute atomic E-state index is 12.8. The minimum absolute atomic E-state index is 0.0666. The van der Waals surface area contributed by atoms with E-state index in [1.165, 1.54) is 19.3 Å². The second kappa shape index (κ2) is 47.1. The fourth-order valence-electron chi connectivity index (χ4n) is 5.95. The molecule has 0 aliphatic heterocycles. The lowest BCUT2D eigenvalue weighted by Crippen LogP contribution is -2.37. The van der Waals surface area contributed by atoms with Crippen LogP contribution in [-0.4, -0.2) is 75.6 Å². The van der Waals surface area contributed by atoms with Crippen molar-refractivity contribution in [3.63, 3.8) is 0 Å². The Morgan fingerprint density at radius 1 is 0.477 bits per heavy atom.